The summed E-state index contributed by atoms with van der Waals surface area (Å²) in [6, 6.07) is 21.8. The number of aliphatic imine (C=N–C) groups is 1. The van der Waals surface area contributed by atoms with Gasteiger partial charge in [-0.15, -0.1) is 24.0 Å². The van der Waals surface area contributed by atoms with Gasteiger partial charge in [0.25, 0.3) is 0 Å². The number of hydrogen-bond acceptors (Lipinski definition) is 3. The first kappa shape index (κ1) is 26.6. The molecular formula is C26H39IN4O. The van der Waals surface area contributed by atoms with Crippen molar-refractivity contribution in [3.05, 3.63) is 71.8 Å². The minimum atomic E-state index is 0. The van der Waals surface area contributed by atoms with Gasteiger partial charge in [0.1, 0.15) is 0 Å². The molecule has 3 rings (SSSR count). The van der Waals surface area contributed by atoms with Gasteiger partial charge >= 0.3 is 0 Å². The van der Waals surface area contributed by atoms with E-state index in [0.29, 0.717) is 6.04 Å². The average molecular weight is 551 g/mol. The summed E-state index contributed by atoms with van der Waals surface area (Å²) in [5, 5.41) is 7.05. The minimum Gasteiger partial charge on any atom is -0.381 e. The van der Waals surface area contributed by atoms with Crippen molar-refractivity contribution in [2.24, 2.45) is 4.99 Å². The first-order valence-corrected chi connectivity index (χ1v) is 11.7. The van der Waals surface area contributed by atoms with E-state index in [0.717, 1.165) is 77.5 Å². The van der Waals surface area contributed by atoms with Gasteiger partial charge in [0.05, 0.1) is 6.61 Å². The van der Waals surface area contributed by atoms with Crippen LogP contribution in [-0.4, -0.2) is 56.8 Å². The summed E-state index contributed by atoms with van der Waals surface area (Å²) in [4.78, 5) is 6.94. The molecule has 0 spiro atoms. The van der Waals surface area contributed by atoms with Gasteiger partial charge in [0.2, 0.25) is 0 Å². The summed E-state index contributed by atoms with van der Waals surface area (Å²) in [6.45, 7) is 5.85. The van der Waals surface area contributed by atoms with Gasteiger partial charge in [-0.25, -0.2) is 0 Å². The highest BCUT2D eigenvalue weighted by molar-refractivity contribution is 14.0. The van der Waals surface area contributed by atoms with Gasteiger partial charge < -0.3 is 15.4 Å². The summed E-state index contributed by atoms with van der Waals surface area (Å²) >= 11 is 0. The van der Waals surface area contributed by atoms with Crippen LogP contribution in [0, 0.1) is 0 Å². The number of piperidine rings is 1. The molecule has 0 unspecified atom stereocenters. The van der Waals surface area contributed by atoms with Crippen LogP contribution in [0.15, 0.2) is 65.7 Å². The fourth-order valence-electron chi connectivity index (χ4n) is 3.94. The molecule has 1 aliphatic rings. The Hall–Kier alpha value is -1.64. The molecule has 1 aliphatic heterocycles. The molecule has 5 nitrogen and oxygen atoms in total. The fourth-order valence-corrected chi connectivity index (χ4v) is 3.94. The summed E-state index contributed by atoms with van der Waals surface area (Å²) in [7, 11) is 1.85. The van der Waals surface area contributed by atoms with Crippen LogP contribution in [-0.2, 0) is 17.7 Å². The van der Waals surface area contributed by atoms with Crippen LogP contribution in [0.5, 0.6) is 0 Å². The molecule has 0 saturated carbocycles. The summed E-state index contributed by atoms with van der Waals surface area (Å²) < 4.78 is 5.77. The normalized spacial score (nSPS) is 15.2. The average Bonchev–Trinajstić information content (AvgIpc) is 2.82. The quantitative estimate of drug-likeness (QED) is 0.188. The highest BCUT2D eigenvalue weighted by atomic mass is 127. The van der Waals surface area contributed by atoms with Crippen LogP contribution in [0.25, 0.3) is 0 Å². The zero-order chi connectivity index (χ0) is 21.6. The maximum absolute atomic E-state index is 5.77. The van der Waals surface area contributed by atoms with Crippen LogP contribution < -0.4 is 10.6 Å². The number of nitrogens with zero attached hydrogens (tertiary/aromatic N) is 2. The van der Waals surface area contributed by atoms with Crippen molar-refractivity contribution in [1.82, 2.24) is 15.5 Å². The van der Waals surface area contributed by atoms with Gasteiger partial charge in [0.15, 0.2) is 5.96 Å². The maximum atomic E-state index is 5.77. The van der Waals surface area contributed by atoms with Gasteiger partial charge in [-0.2, -0.15) is 0 Å². The van der Waals surface area contributed by atoms with E-state index in [2.05, 4.69) is 81.2 Å². The second-order valence-corrected chi connectivity index (χ2v) is 8.23. The number of ether oxygens (including phenoxy) is 1. The number of rotatable bonds is 11. The number of halogens is 1. The predicted octanol–water partition coefficient (Wildman–Crippen LogP) is 4.47. The summed E-state index contributed by atoms with van der Waals surface area (Å²) in [5.41, 5.74) is 2.74. The van der Waals surface area contributed by atoms with E-state index >= 15 is 0 Å². The zero-order valence-corrected chi connectivity index (χ0v) is 21.7. The first-order chi connectivity index (χ1) is 15.3. The molecule has 1 saturated heterocycles. The molecule has 0 amide bonds. The Bertz CT molecular complexity index is 749. The molecule has 6 heteroatoms. The molecule has 1 fully saturated rings. The lowest BCUT2D eigenvalue weighted by atomic mass is 10.0. The molecular weight excluding hydrogens is 511 g/mol. The molecule has 32 heavy (non-hydrogen) atoms. The SMILES string of the molecule is CN=C(NCCCCOCCc1ccccc1)NC1CCN(Cc2ccccc2)CC1.I. The molecule has 2 N–H and O–H groups in total. The third-order valence-electron chi connectivity index (χ3n) is 5.79. The van der Waals surface area contributed by atoms with Crippen molar-refractivity contribution < 1.29 is 4.74 Å². The van der Waals surface area contributed by atoms with Crippen LogP contribution in [0.4, 0.5) is 0 Å². The second kappa shape index (κ2) is 16.0. The van der Waals surface area contributed by atoms with Crippen LogP contribution in [0.2, 0.25) is 0 Å². The van der Waals surface area contributed by atoms with Crippen molar-refractivity contribution >= 4 is 29.9 Å². The van der Waals surface area contributed by atoms with Crippen LogP contribution in [0.3, 0.4) is 0 Å². The minimum absolute atomic E-state index is 0. The lowest BCUT2D eigenvalue weighted by Gasteiger charge is -2.33. The standard InChI is InChI=1S/C26H38N4O.HI/c1-27-26(28-17-8-9-20-31-21-16-23-10-4-2-5-11-23)29-25-14-18-30(19-15-25)22-24-12-6-3-7-13-24;/h2-7,10-13,25H,8-9,14-22H2,1H3,(H2,27,28,29);1H. The maximum Gasteiger partial charge on any atom is 0.191 e. The van der Waals surface area contributed by atoms with E-state index in [1.165, 1.54) is 11.1 Å². The third-order valence-corrected chi connectivity index (χ3v) is 5.79. The molecule has 0 aromatic heterocycles. The Morgan fingerprint density at radius 3 is 2.25 bits per heavy atom. The molecule has 176 valence electrons. The summed E-state index contributed by atoms with van der Waals surface area (Å²) in [5.74, 6) is 0.923. The van der Waals surface area contributed by atoms with Crippen molar-refractivity contribution in [2.45, 2.75) is 44.7 Å². The number of benzene rings is 2. The van der Waals surface area contributed by atoms with E-state index in [-0.39, 0.29) is 24.0 Å². The Labute approximate surface area is 211 Å². The predicted molar refractivity (Wildman–Crippen MR) is 145 cm³/mol. The Balaban J connectivity index is 0.00000363. The van der Waals surface area contributed by atoms with E-state index < -0.39 is 0 Å². The lowest BCUT2D eigenvalue weighted by Crippen LogP contribution is -2.48. The largest absolute Gasteiger partial charge is 0.381 e. The number of hydrogen-bond donors (Lipinski definition) is 2. The monoisotopic (exact) mass is 550 g/mol. The number of guanidine groups is 1. The summed E-state index contributed by atoms with van der Waals surface area (Å²) in [6.07, 6.45) is 5.45. The van der Waals surface area contributed by atoms with E-state index in [9.17, 15) is 0 Å². The molecule has 2 aromatic rings. The van der Waals surface area contributed by atoms with Gasteiger partial charge in [-0.3, -0.25) is 9.89 Å². The Morgan fingerprint density at radius 2 is 1.59 bits per heavy atom. The topological polar surface area (TPSA) is 48.9 Å². The van der Waals surface area contributed by atoms with Crippen LogP contribution in [0.1, 0.15) is 36.8 Å². The van der Waals surface area contributed by atoms with Gasteiger partial charge in [-0.1, -0.05) is 60.7 Å². The van der Waals surface area contributed by atoms with E-state index in [1.54, 1.807) is 0 Å². The van der Waals surface area contributed by atoms with Crippen molar-refractivity contribution in [2.75, 3.05) is 39.9 Å². The van der Waals surface area contributed by atoms with Crippen molar-refractivity contribution in [3.8, 4) is 0 Å². The highest BCUT2D eigenvalue weighted by Gasteiger charge is 2.19. The molecule has 0 radical (unpaired) electrons. The number of unbranched alkanes of at least 4 members (excludes halogenated alkanes) is 1. The number of nitrogens with one attached hydrogen (secondary N) is 2. The fraction of sp³-hybridized carbons (Fsp3) is 0.500. The zero-order valence-electron chi connectivity index (χ0n) is 19.3. The van der Waals surface area contributed by atoms with Crippen molar-refractivity contribution in [1.29, 1.82) is 0 Å². The van der Waals surface area contributed by atoms with Gasteiger partial charge in [0, 0.05) is 45.9 Å². The Kier molecular flexibility index (Phi) is 13.3. The van der Waals surface area contributed by atoms with E-state index in [1.807, 2.05) is 7.05 Å². The van der Waals surface area contributed by atoms with E-state index in [4.69, 9.17) is 4.74 Å². The molecule has 0 atom stereocenters. The van der Waals surface area contributed by atoms with Crippen molar-refractivity contribution in [3.63, 3.8) is 0 Å². The third kappa shape index (κ3) is 10.3. The highest BCUT2D eigenvalue weighted by Crippen LogP contribution is 2.13. The smallest absolute Gasteiger partial charge is 0.191 e. The van der Waals surface area contributed by atoms with Gasteiger partial charge in [-0.05, 0) is 43.2 Å². The number of likely N-dealkylation sites (tertiary alicyclic amines) is 1. The molecule has 0 bridgehead atoms. The first-order valence-electron chi connectivity index (χ1n) is 11.7. The molecule has 1 heterocycles. The molecule has 0 aliphatic carbocycles. The molecule has 2 aromatic carbocycles. The Morgan fingerprint density at radius 1 is 0.938 bits per heavy atom. The second-order valence-electron chi connectivity index (χ2n) is 8.23. The lowest BCUT2D eigenvalue weighted by molar-refractivity contribution is 0.133. The van der Waals surface area contributed by atoms with Crippen LogP contribution >= 0.6 is 24.0 Å².